The summed E-state index contributed by atoms with van der Waals surface area (Å²) in [6.07, 6.45) is 2.55. The molecule has 4 nitrogen and oxygen atoms in total. The second kappa shape index (κ2) is 5.24. The molecule has 0 radical (unpaired) electrons. The van der Waals surface area contributed by atoms with E-state index in [2.05, 4.69) is 0 Å². The highest BCUT2D eigenvalue weighted by Gasteiger charge is 2.06. The SMILES string of the molecule is CS(=O)(=O)c1ccc(C=[N+]([O-])c2ccccc2)cc1. The fourth-order valence-electron chi connectivity index (χ4n) is 1.59. The number of nitrogens with zero attached hydrogens (tertiary/aromatic N) is 1. The predicted octanol–water partition coefficient (Wildman–Crippen LogP) is 2.35. The molecule has 5 heteroatoms. The van der Waals surface area contributed by atoms with Crippen LogP contribution in [0.2, 0.25) is 0 Å². The van der Waals surface area contributed by atoms with Crippen molar-refractivity contribution < 1.29 is 13.2 Å². The summed E-state index contributed by atoms with van der Waals surface area (Å²) in [6.45, 7) is 0. The van der Waals surface area contributed by atoms with Gasteiger partial charge >= 0.3 is 0 Å². The molecule has 0 spiro atoms. The Hall–Kier alpha value is -2.14. The van der Waals surface area contributed by atoms with Crippen molar-refractivity contribution in [2.75, 3.05) is 6.26 Å². The number of hydrogen-bond donors (Lipinski definition) is 0. The maximum absolute atomic E-state index is 11.8. The second-order valence-corrected chi connectivity index (χ2v) is 6.15. The number of sulfone groups is 1. The summed E-state index contributed by atoms with van der Waals surface area (Å²) in [7, 11) is -3.21. The molecule has 98 valence electrons. The highest BCUT2D eigenvalue weighted by atomic mass is 32.2. The first-order valence-corrected chi connectivity index (χ1v) is 7.52. The number of para-hydroxylation sites is 1. The first-order valence-electron chi connectivity index (χ1n) is 5.63. The molecule has 0 aliphatic carbocycles. The molecule has 0 N–H and O–H groups in total. The third-order valence-corrected chi connectivity index (χ3v) is 3.71. The molecule has 19 heavy (non-hydrogen) atoms. The van der Waals surface area contributed by atoms with E-state index in [0.29, 0.717) is 11.3 Å². The van der Waals surface area contributed by atoms with Gasteiger partial charge in [-0.1, -0.05) is 18.2 Å². The molecule has 0 unspecified atom stereocenters. The molecule has 0 atom stereocenters. The normalized spacial score (nSPS) is 12.4. The third kappa shape index (κ3) is 3.42. The summed E-state index contributed by atoms with van der Waals surface area (Å²) in [5, 5.41) is 11.8. The van der Waals surface area contributed by atoms with Gasteiger partial charge in [0.1, 0.15) is 0 Å². The molecule has 2 aromatic carbocycles. The molecule has 0 saturated carbocycles. The van der Waals surface area contributed by atoms with E-state index < -0.39 is 9.84 Å². The fourth-order valence-corrected chi connectivity index (χ4v) is 2.22. The van der Waals surface area contributed by atoms with Crippen LogP contribution in [0.15, 0.2) is 59.5 Å². The van der Waals surface area contributed by atoms with Crippen molar-refractivity contribution in [3.8, 4) is 0 Å². The first kappa shape index (κ1) is 13.3. The zero-order valence-electron chi connectivity index (χ0n) is 10.4. The van der Waals surface area contributed by atoms with Gasteiger partial charge in [0.05, 0.1) is 4.90 Å². The van der Waals surface area contributed by atoms with Crippen LogP contribution in [-0.2, 0) is 9.84 Å². The Morgan fingerprint density at radius 2 is 1.58 bits per heavy atom. The van der Waals surface area contributed by atoms with Crippen molar-refractivity contribution >= 4 is 21.7 Å². The average molecular weight is 275 g/mol. The van der Waals surface area contributed by atoms with Gasteiger partial charge in [-0.05, 0) is 24.3 Å². The Kier molecular flexibility index (Phi) is 3.66. The Bertz CT molecular complexity index is 689. The molecule has 0 saturated heterocycles. The van der Waals surface area contributed by atoms with Gasteiger partial charge in [-0.3, -0.25) is 0 Å². The van der Waals surface area contributed by atoms with E-state index in [9.17, 15) is 13.6 Å². The highest BCUT2D eigenvalue weighted by Crippen LogP contribution is 2.11. The quantitative estimate of drug-likeness (QED) is 0.374. The van der Waals surface area contributed by atoms with E-state index >= 15 is 0 Å². The molecule has 0 aliphatic heterocycles. The summed E-state index contributed by atoms with van der Waals surface area (Å²) in [5.41, 5.74) is 1.17. The molecule has 2 rings (SSSR count). The monoisotopic (exact) mass is 275 g/mol. The molecular weight excluding hydrogens is 262 g/mol. The second-order valence-electron chi connectivity index (χ2n) is 4.13. The highest BCUT2D eigenvalue weighted by molar-refractivity contribution is 7.90. The van der Waals surface area contributed by atoms with Gasteiger partial charge in [-0.2, -0.15) is 4.74 Å². The standard InChI is InChI=1S/C14H13NO3S/c1-19(17,18)14-9-7-12(8-10-14)11-15(16)13-5-3-2-4-6-13/h2-11H,1H3. The number of hydrogen-bond acceptors (Lipinski definition) is 3. The lowest BCUT2D eigenvalue weighted by Crippen LogP contribution is -2.00. The third-order valence-electron chi connectivity index (χ3n) is 2.59. The summed E-state index contributed by atoms with van der Waals surface area (Å²) in [4.78, 5) is 0.238. The molecule has 0 heterocycles. The molecular formula is C14H13NO3S. The Morgan fingerprint density at radius 3 is 2.11 bits per heavy atom. The number of benzene rings is 2. The van der Waals surface area contributed by atoms with Gasteiger partial charge in [0.15, 0.2) is 16.1 Å². The lowest BCUT2D eigenvalue weighted by Gasteiger charge is -2.03. The summed E-state index contributed by atoms with van der Waals surface area (Å²) >= 11 is 0. The number of rotatable bonds is 3. The minimum absolute atomic E-state index is 0.238. The van der Waals surface area contributed by atoms with E-state index in [-0.39, 0.29) is 4.90 Å². The van der Waals surface area contributed by atoms with E-state index in [0.717, 1.165) is 11.0 Å². The summed E-state index contributed by atoms with van der Waals surface area (Å²) in [5.74, 6) is 0. The largest absolute Gasteiger partial charge is 0.618 e. The molecule has 0 fully saturated rings. The van der Waals surface area contributed by atoms with Crippen LogP contribution < -0.4 is 0 Å². The smallest absolute Gasteiger partial charge is 0.216 e. The van der Waals surface area contributed by atoms with Gasteiger partial charge in [0.2, 0.25) is 5.69 Å². The van der Waals surface area contributed by atoms with E-state index in [1.807, 2.05) is 6.07 Å². The Morgan fingerprint density at radius 1 is 1.00 bits per heavy atom. The summed E-state index contributed by atoms with van der Waals surface area (Å²) in [6, 6.07) is 15.0. The van der Waals surface area contributed by atoms with Crippen molar-refractivity contribution in [1.29, 1.82) is 0 Å². The maximum Gasteiger partial charge on any atom is 0.216 e. The maximum atomic E-state index is 11.8. The lowest BCUT2D eigenvalue weighted by atomic mass is 10.2. The topological polar surface area (TPSA) is 60.2 Å². The zero-order chi connectivity index (χ0) is 13.9. The van der Waals surface area contributed by atoms with Crippen molar-refractivity contribution in [3.05, 3.63) is 65.4 Å². The minimum atomic E-state index is -3.21. The molecule has 0 aromatic heterocycles. The average Bonchev–Trinajstić information content (AvgIpc) is 2.39. The van der Waals surface area contributed by atoms with Crippen molar-refractivity contribution in [1.82, 2.24) is 0 Å². The van der Waals surface area contributed by atoms with Gasteiger partial charge in [-0.25, -0.2) is 8.42 Å². The lowest BCUT2D eigenvalue weighted by molar-refractivity contribution is -0.354. The first-order chi connectivity index (χ1) is 8.97. The van der Waals surface area contributed by atoms with Crippen LogP contribution >= 0.6 is 0 Å². The van der Waals surface area contributed by atoms with Crippen molar-refractivity contribution in [2.24, 2.45) is 0 Å². The van der Waals surface area contributed by atoms with Crippen molar-refractivity contribution in [3.63, 3.8) is 0 Å². The van der Waals surface area contributed by atoms with Gasteiger partial charge < -0.3 is 5.21 Å². The molecule has 0 bridgehead atoms. The van der Waals surface area contributed by atoms with Crippen LogP contribution in [0, 0.1) is 5.21 Å². The van der Waals surface area contributed by atoms with Crippen LogP contribution in [0.3, 0.4) is 0 Å². The molecule has 0 amide bonds. The minimum Gasteiger partial charge on any atom is -0.618 e. The molecule has 0 aliphatic rings. The van der Waals surface area contributed by atoms with E-state index in [4.69, 9.17) is 0 Å². The Balaban J connectivity index is 2.29. The Labute approximate surface area is 112 Å². The van der Waals surface area contributed by atoms with Gasteiger partial charge in [0, 0.05) is 24.0 Å². The van der Waals surface area contributed by atoms with E-state index in [1.165, 1.54) is 18.3 Å². The summed E-state index contributed by atoms with van der Waals surface area (Å²) < 4.78 is 23.4. The van der Waals surface area contributed by atoms with Crippen LogP contribution in [0.4, 0.5) is 5.69 Å². The van der Waals surface area contributed by atoms with Crippen LogP contribution in [0.25, 0.3) is 0 Å². The van der Waals surface area contributed by atoms with Crippen molar-refractivity contribution in [2.45, 2.75) is 4.90 Å². The van der Waals surface area contributed by atoms with Gasteiger partial charge in [0.25, 0.3) is 0 Å². The fraction of sp³-hybridized carbons (Fsp3) is 0.0714. The predicted molar refractivity (Wildman–Crippen MR) is 74.4 cm³/mol. The van der Waals surface area contributed by atoms with Crippen LogP contribution in [0.5, 0.6) is 0 Å². The van der Waals surface area contributed by atoms with E-state index in [1.54, 1.807) is 36.4 Å². The zero-order valence-corrected chi connectivity index (χ0v) is 11.2. The van der Waals surface area contributed by atoms with Crippen LogP contribution in [0.1, 0.15) is 5.56 Å². The van der Waals surface area contributed by atoms with Crippen LogP contribution in [-0.4, -0.2) is 25.6 Å². The molecule has 2 aromatic rings. The van der Waals surface area contributed by atoms with Gasteiger partial charge in [-0.15, -0.1) is 0 Å².